The van der Waals surface area contributed by atoms with Crippen LogP contribution in [0.3, 0.4) is 0 Å². The molecule has 6 heteroatoms. The van der Waals surface area contributed by atoms with E-state index >= 15 is 0 Å². The van der Waals surface area contributed by atoms with E-state index in [1.807, 2.05) is 53.4 Å². The fourth-order valence-electron chi connectivity index (χ4n) is 4.80. The molecule has 1 saturated heterocycles. The summed E-state index contributed by atoms with van der Waals surface area (Å²) in [5.74, 6) is 3.00. The Morgan fingerprint density at radius 3 is 2.60 bits per heavy atom. The second kappa shape index (κ2) is 10.5. The van der Waals surface area contributed by atoms with Crippen LogP contribution >= 0.6 is 0 Å². The molecular formula is C29H28N2O4. The maximum atomic E-state index is 12.9. The van der Waals surface area contributed by atoms with E-state index in [-0.39, 0.29) is 12.5 Å². The van der Waals surface area contributed by atoms with Crippen molar-refractivity contribution in [2.45, 2.75) is 25.7 Å². The summed E-state index contributed by atoms with van der Waals surface area (Å²) >= 11 is 0. The van der Waals surface area contributed by atoms with Crippen LogP contribution in [-0.2, 0) is 11.2 Å². The van der Waals surface area contributed by atoms with Crippen molar-refractivity contribution < 1.29 is 19.0 Å². The van der Waals surface area contributed by atoms with E-state index < -0.39 is 0 Å². The molecule has 0 bridgehead atoms. The number of aryl methyl sites for hydroxylation is 1. The van der Waals surface area contributed by atoms with Gasteiger partial charge in [-0.25, -0.2) is 0 Å². The van der Waals surface area contributed by atoms with Gasteiger partial charge in [-0.3, -0.25) is 4.79 Å². The number of piperidine rings is 1. The number of likely N-dealkylation sites (tertiary alicyclic amines) is 1. The monoisotopic (exact) mass is 468 g/mol. The van der Waals surface area contributed by atoms with Gasteiger partial charge in [0, 0.05) is 18.7 Å². The first-order valence-electron chi connectivity index (χ1n) is 12.1. The van der Waals surface area contributed by atoms with Gasteiger partial charge in [-0.15, -0.1) is 0 Å². The van der Waals surface area contributed by atoms with Gasteiger partial charge in [-0.2, -0.15) is 5.26 Å². The highest BCUT2D eigenvalue weighted by Gasteiger charge is 2.24. The highest BCUT2D eigenvalue weighted by atomic mass is 16.7. The van der Waals surface area contributed by atoms with Crippen molar-refractivity contribution in [3.8, 4) is 34.4 Å². The molecule has 6 nitrogen and oxygen atoms in total. The zero-order chi connectivity index (χ0) is 24.0. The number of hydrogen-bond acceptors (Lipinski definition) is 5. The number of nitriles is 1. The quantitative estimate of drug-likeness (QED) is 0.476. The number of amides is 1. The summed E-state index contributed by atoms with van der Waals surface area (Å²) in [6, 6.07) is 23.3. The van der Waals surface area contributed by atoms with Crippen LogP contribution in [0.2, 0.25) is 0 Å². The molecule has 3 aromatic carbocycles. The van der Waals surface area contributed by atoms with Crippen LogP contribution in [0.4, 0.5) is 0 Å². The van der Waals surface area contributed by atoms with Gasteiger partial charge in [-0.1, -0.05) is 42.5 Å². The lowest BCUT2D eigenvalue weighted by Gasteiger charge is -2.32. The first-order chi connectivity index (χ1) is 17.2. The molecule has 0 unspecified atom stereocenters. The second-order valence-corrected chi connectivity index (χ2v) is 8.99. The number of hydrogen-bond donors (Lipinski definition) is 0. The van der Waals surface area contributed by atoms with E-state index in [4.69, 9.17) is 19.5 Å². The molecule has 2 aliphatic rings. The molecular weight excluding hydrogens is 440 g/mol. The Balaban J connectivity index is 1.11. The van der Waals surface area contributed by atoms with Crippen LogP contribution in [0.25, 0.3) is 11.1 Å². The van der Waals surface area contributed by atoms with Crippen molar-refractivity contribution in [2.24, 2.45) is 5.92 Å². The second-order valence-electron chi connectivity index (χ2n) is 8.99. The van der Waals surface area contributed by atoms with Crippen LogP contribution in [0, 0.1) is 17.2 Å². The van der Waals surface area contributed by atoms with E-state index in [1.54, 1.807) is 12.1 Å². The van der Waals surface area contributed by atoms with Crippen LogP contribution in [0.15, 0.2) is 66.7 Å². The lowest BCUT2D eigenvalue weighted by molar-refractivity contribution is -0.134. The first-order valence-corrected chi connectivity index (χ1v) is 12.1. The standard InChI is InChI=1S/C29H28N2O4/c30-18-22-9-11-23(12-10-22)25-5-1-2-6-26(25)33-19-28(32)31-16-14-21(15-17-31)8-13-24-4-3-7-27-29(24)35-20-34-27/h1-7,9-12,21H,8,13-17,19-20H2. The Labute approximate surface area is 205 Å². The van der Waals surface area contributed by atoms with Crippen molar-refractivity contribution in [1.29, 1.82) is 5.26 Å². The number of ether oxygens (including phenoxy) is 3. The van der Waals surface area contributed by atoms with Gasteiger partial charge < -0.3 is 19.1 Å². The average molecular weight is 469 g/mol. The van der Waals surface area contributed by atoms with Crippen LogP contribution in [-0.4, -0.2) is 37.3 Å². The van der Waals surface area contributed by atoms with Gasteiger partial charge in [-0.05, 0) is 67.0 Å². The summed E-state index contributed by atoms with van der Waals surface area (Å²) in [5.41, 5.74) is 3.67. The third-order valence-corrected chi connectivity index (χ3v) is 6.83. The number of carbonyl (C=O) groups is 1. The van der Waals surface area contributed by atoms with E-state index in [2.05, 4.69) is 12.1 Å². The highest BCUT2D eigenvalue weighted by Crippen LogP contribution is 2.37. The van der Waals surface area contributed by atoms with Crippen molar-refractivity contribution in [1.82, 2.24) is 4.90 Å². The van der Waals surface area contributed by atoms with Crippen molar-refractivity contribution in [2.75, 3.05) is 26.5 Å². The molecule has 35 heavy (non-hydrogen) atoms. The highest BCUT2D eigenvalue weighted by molar-refractivity contribution is 5.78. The topological polar surface area (TPSA) is 71.8 Å². The summed E-state index contributed by atoms with van der Waals surface area (Å²) in [5, 5.41) is 9.03. The van der Waals surface area contributed by atoms with E-state index in [9.17, 15) is 4.79 Å². The van der Waals surface area contributed by atoms with Crippen molar-refractivity contribution in [3.63, 3.8) is 0 Å². The molecule has 0 saturated carbocycles. The summed E-state index contributed by atoms with van der Waals surface area (Å²) in [4.78, 5) is 14.8. The molecule has 1 fully saturated rings. The number of carbonyl (C=O) groups excluding carboxylic acids is 1. The van der Waals surface area contributed by atoms with Crippen LogP contribution in [0.5, 0.6) is 17.2 Å². The Hall–Kier alpha value is -3.98. The summed E-state index contributed by atoms with van der Waals surface area (Å²) in [6.45, 7) is 1.84. The molecule has 2 aliphatic heterocycles. The molecule has 0 radical (unpaired) electrons. The summed E-state index contributed by atoms with van der Waals surface area (Å²) in [6.07, 6.45) is 4.04. The summed E-state index contributed by atoms with van der Waals surface area (Å²) in [7, 11) is 0. The Morgan fingerprint density at radius 1 is 1.00 bits per heavy atom. The zero-order valence-electron chi connectivity index (χ0n) is 19.6. The number of fused-ring (bicyclic) bond motifs is 1. The smallest absolute Gasteiger partial charge is 0.260 e. The van der Waals surface area contributed by atoms with E-state index in [1.165, 1.54) is 5.56 Å². The fraction of sp³-hybridized carbons (Fsp3) is 0.310. The minimum absolute atomic E-state index is 0.0181. The molecule has 178 valence electrons. The molecule has 0 spiro atoms. The Morgan fingerprint density at radius 2 is 1.80 bits per heavy atom. The number of benzene rings is 3. The third-order valence-electron chi connectivity index (χ3n) is 6.83. The summed E-state index contributed by atoms with van der Waals surface area (Å²) < 4.78 is 17.1. The maximum Gasteiger partial charge on any atom is 0.260 e. The van der Waals surface area contributed by atoms with Gasteiger partial charge >= 0.3 is 0 Å². The van der Waals surface area contributed by atoms with Crippen LogP contribution < -0.4 is 14.2 Å². The van der Waals surface area contributed by atoms with Gasteiger partial charge in [0.2, 0.25) is 6.79 Å². The normalized spacial score (nSPS) is 15.0. The largest absolute Gasteiger partial charge is 0.483 e. The predicted octanol–water partition coefficient (Wildman–Crippen LogP) is 5.20. The molecule has 2 heterocycles. The number of para-hydroxylation sites is 2. The van der Waals surface area contributed by atoms with Gasteiger partial charge in [0.05, 0.1) is 11.6 Å². The molecule has 5 rings (SSSR count). The van der Waals surface area contributed by atoms with Gasteiger partial charge in [0.1, 0.15) is 5.75 Å². The molecule has 0 N–H and O–H groups in total. The third kappa shape index (κ3) is 5.25. The molecule has 0 atom stereocenters. The lowest BCUT2D eigenvalue weighted by Crippen LogP contribution is -2.41. The number of rotatable bonds is 7. The van der Waals surface area contributed by atoms with E-state index in [0.717, 1.165) is 61.4 Å². The SMILES string of the molecule is N#Cc1ccc(-c2ccccc2OCC(=O)N2CCC(CCc3cccc4c3OCO4)CC2)cc1. The van der Waals surface area contributed by atoms with Crippen molar-refractivity contribution >= 4 is 5.91 Å². The minimum Gasteiger partial charge on any atom is -0.483 e. The molecule has 0 aliphatic carbocycles. The van der Waals surface area contributed by atoms with Crippen LogP contribution in [0.1, 0.15) is 30.4 Å². The van der Waals surface area contributed by atoms with Crippen molar-refractivity contribution in [3.05, 3.63) is 77.9 Å². The lowest BCUT2D eigenvalue weighted by atomic mass is 9.90. The Kier molecular flexibility index (Phi) is 6.85. The minimum atomic E-state index is 0.0181. The Bertz CT molecular complexity index is 1220. The first kappa shape index (κ1) is 22.8. The maximum absolute atomic E-state index is 12.9. The molecule has 0 aromatic heterocycles. The molecule has 1 amide bonds. The van der Waals surface area contributed by atoms with Gasteiger partial charge in [0.15, 0.2) is 18.1 Å². The number of nitrogens with zero attached hydrogens (tertiary/aromatic N) is 2. The molecule has 3 aromatic rings. The fourth-order valence-corrected chi connectivity index (χ4v) is 4.80. The van der Waals surface area contributed by atoms with Gasteiger partial charge in [0.25, 0.3) is 5.91 Å². The predicted molar refractivity (Wildman–Crippen MR) is 132 cm³/mol. The average Bonchev–Trinajstić information content (AvgIpc) is 3.41. The zero-order valence-corrected chi connectivity index (χ0v) is 19.6. The van der Waals surface area contributed by atoms with E-state index in [0.29, 0.717) is 24.0 Å².